The number of nitrogens with zero attached hydrogens (tertiary/aromatic N) is 2. The minimum Gasteiger partial charge on any atom is -0.461 e. The lowest BCUT2D eigenvalue weighted by Gasteiger charge is -2.13. The number of benzene rings is 3. The van der Waals surface area contributed by atoms with Gasteiger partial charge in [0.25, 0.3) is 5.91 Å². The Morgan fingerprint density at radius 1 is 0.971 bits per heavy atom. The van der Waals surface area contributed by atoms with Crippen LogP contribution in [0.4, 0.5) is 0 Å². The van der Waals surface area contributed by atoms with E-state index in [0.29, 0.717) is 5.56 Å². The molecule has 0 bridgehead atoms. The van der Waals surface area contributed by atoms with Gasteiger partial charge in [0.2, 0.25) is 0 Å². The summed E-state index contributed by atoms with van der Waals surface area (Å²) in [6.45, 7) is 6.15. The Balaban J connectivity index is 1.71. The Bertz CT molecular complexity index is 1310. The van der Waals surface area contributed by atoms with Gasteiger partial charge < -0.3 is 10.1 Å². The van der Waals surface area contributed by atoms with E-state index in [9.17, 15) is 9.59 Å². The normalized spacial score (nSPS) is 11.9. The fraction of sp³-hybridized carbons (Fsp3) is 0.250. The number of carbonyl (C=O) groups is 2. The molecule has 1 atom stereocenters. The molecule has 0 saturated carbocycles. The molecule has 3 aromatic carbocycles. The Morgan fingerprint density at radius 3 is 2.41 bits per heavy atom. The summed E-state index contributed by atoms with van der Waals surface area (Å²) in [4.78, 5) is 25.0. The van der Waals surface area contributed by atoms with Crippen molar-refractivity contribution in [2.75, 3.05) is 6.61 Å². The van der Waals surface area contributed by atoms with Gasteiger partial charge in [-0.3, -0.25) is 4.79 Å². The highest BCUT2D eigenvalue weighted by atomic mass is 16.5. The van der Waals surface area contributed by atoms with Crippen molar-refractivity contribution < 1.29 is 14.3 Å². The first-order chi connectivity index (χ1) is 16.5. The SMILES string of the molecule is CCC[C@H](C)NC(=O)c1ccc(-n2nc(C(=O)OCC)cc2-c2ccc3ccccc3c2)cc1. The summed E-state index contributed by atoms with van der Waals surface area (Å²) in [6, 6.07) is 23.4. The van der Waals surface area contributed by atoms with Crippen molar-refractivity contribution in [2.45, 2.75) is 39.7 Å². The number of ether oxygens (including phenoxy) is 1. The van der Waals surface area contributed by atoms with Crippen LogP contribution in [0, 0.1) is 0 Å². The van der Waals surface area contributed by atoms with Gasteiger partial charge in [0, 0.05) is 17.2 Å². The molecule has 1 N–H and O–H groups in total. The molecule has 0 spiro atoms. The molecule has 34 heavy (non-hydrogen) atoms. The Labute approximate surface area is 199 Å². The molecule has 0 saturated heterocycles. The molecular formula is C28H29N3O3. The number of hydrogen-bond acceptors (Lipinski definition) is 4. The van der Waals surface area contributed by atoms with Crippen molar-refractivity contribution in [1.82, 2.24) is 15.1 Å². The van der Waals surface area contributed by atoms with Crippen LogP contribution in [-0.4, -0.2) is 34.3 Å². The van der Waals surface area contributed by atoms with E-state index < -0.39 is 5.97 Å². The van der Waals surface area contributed by atoms with E-state index in [1.54, 1.807) is 29.8 Å². The van der Waals surface area contributed by atoms with Crippen LogP contribution in [0.1, 0.15) is 54.5 Å². The zero-order valence-electron chi connectivity index (χ0n) is 19.7. The number of esters is 1. The topological polar surface area (TPSA) is 73.2 Å². The fourth-order valence-electron chi connectivity index (χ4n) is 4.00. The summed E-state index contributed by atoms with van der Waals surface area (Å²) in [7, 11) is 0. The quantitative estimate of drug-likeness (QED) is 0.342. The minimum atomic E-state index is -0.468. The number of rotatable bonds is 8. The molecule has 174 valence electrons. The molecule has 0 aliphatic heterocycles. The fourth-order valence-corrected chi connectivity index (χ4v) is 4.00. The van der Waals surface area contributed by atoms with Gasteiger partial charge in [0.1, 0.15) is 0 Å². The summed E-state index contributed by atoms with van der Waals surface area (Å²) < 4.78 is 6.90. The van der Waals surface area contributed by atoms with Crippen LogP contribution in [0.2, 0.25) is 0 Å². The molecule has 6 heteroatoms. The van der Waals surface area contributed by atoms with Crippen LogP contribution in [0.5, 0.6) is 0 Å². The monoisotopic (exact) mass is 455 g/mol. The predicted molar refractivity (Wildman–Crippen MR) is 134 cm³/mol. The summed E-state index contributed by atoms with van der Waals surface area (Å²) in [6.07, 6.45) is 1.95. The van der Waals surface area contributed by atoms with Gasteiger partial charge in [0.05, 0.1) is 18.0 Å². The summed E-state index contributed by atoms with van der Waals surface area (Å²) in [5, 5.41) is 9.80. The van der Waals surface area contributed by atoms with Crippen LogP contribution in [0.3, 0.4) is 0 Å². The highest BCUT2D eigenvalue weighted by molar-refractivity contribution is 5.94. The van der Waals surface area contributed by atoms with E-state index in [4.69, 9.17) is 4.74 Å². The van der Waals surface area contributed by atoms with E-state index in [1.807, 2.05) is 37.3 Å². The average Bonchev–Trinajstić information content (AvgIpc) is 3.30. The summed E-state index contributed by atoms with van der Waals surface area (Å²) in [5.41, 5.74) is 3.26. The van der Waals surface area contributed by atoms with E-state index in [-0.39, 0.29) is 24.2 Å². The van der Waals surface area contributed by atoms with Gasteiger partial charge in [-0.2, -0.15) is 5.10 Å². The molecular weight excluding hydrogens is 426 g/mol. The molecule has 0 aliphatic carbocycles. The van der Waals surface area contributed by atoms with Crippen molar-refractivity contribution in [3.63, 3.8) is 0 Å². The first kappa shape index (κ1) is 23.2. The van der Waals surface area contributed by atoms with Crippen molar-refractivity contribution in [3.05, 3.63) is 84.1 Å². The number of amides is 1. The Kier molecular flexibility index (Phi) is 7.07. The molecule has 0 aliphatic rings. The number of hydrogen-bond donors (Lipinski definition) is 1. The van der Waals surface area contributed by atoms with Crippen LogP contribution >= 0.6 is 0 Å². The third-order valence-electron chi connectivity index (χ3n) is 5.71. The van der Waals surface area contributed by atoms with Gasteiger partial charge in [-0.25, -0.2) is 9.48 Å². The Morgan fingerprint density at radius 2 is 1.71 bits per heavy atom. The zero-order valence-corrected chi connectivity index (χ0v) is 19.7. The van der Waals surface area contributed by atoms with Gasteiger partial charge in [0.15, 0.2) is 5.69 Å². The maximum Gasteiger partial charge on any atom is 0.358 e. The van der Waals surface area contributed by atoms with E-state index in [0.717, 1.165) is 40.6 Å². The lowest BCUT2D eigenvalue weighted by atomic mass is 10.0. The number of carbonyl (C=O) groups excluding carboxylic acids is 2. The van der Waals surface area contributed by atoms with Crippen molar-refractivity contribution in [3.8, 4) is 16.9 Å². The lowest BCUT2D eigenvalue weighted by Crippen LogP contribution is -2.32. The number of fused-ring (bicyclic) bond motifs is 1. The van der Waals surface area contributed by atoms with Crippen molar-refractivity contribution >= 4 is 22.6 Å². The maximum absolute atomic E-state index is 12.6. The molecule has 0 unspecified atom stereocenters. The molecule has 0 radical (unpaired) electrons. The average molecular weight is 456 g/mol. The van der Waals surface area contributed by atoms with Gasteiger partial charge in [-0.05, 0) is 67.4 Å². The standard InChI is InChI=1S/C28H29N3O3/c1-4-8-19(3)29-27(32)21-13-15-24(16-14-21)31-26(18-25(30-31)28(33)34-5-2)23-12-11-20-9-6-7-10-22(20)17-23/h6-7,9-19H,4-5,8H2,1-3H3,(H,29,32)/t19-/m0/s1. The predicted octanol–water partition coefficient (Wildman–Crippen LogP) is 5.79. The molecule has 1 heterocycles. The van der Waals surface area contributed by atoms with E-state index >= 15 is 0 Å². The second kappa shape index (κ2) is 10.3. The molecule has 6 nitrogen and oxygen atoms in total. The number of aromatic nitrogens is 2. The van der Waals surface area contributed by atoms with Crippen LogP contribution in [-0.2, 0) is 4.74 Å². The van der Waals surface area contributed by atoms with Gasteiger partial charge >= 0.3 is 5.97 Å². The minimum absolute atomic E-state index is 0.102. The second-order valence-electron chi connectivity index (χ2n) is 8.32. The van der Waals surface area contributed by atoms with Gasteiger partial charge in [-0.1, -0.05) is 49.7 Å². The zero-order chi connectivity index (χ0) is 24.1. The van der Waals surface area contributed by atoms with E-state index in [2.05, 4.69) is 41.6 Å². The first-order valence-corrected chi connectivity index (χ1v) is 11.7. The third kappa shape index (κ3) is 5.01. The van der Waals surface area contributed by atoms with Crippen LogP contribution in [0.15, 0.2) is 72.8 Å². The van der Waals surface area contributed by atoms with Crippen LogP contribution < -0.4 is 5.32 Å². The smallest absolute Gasteiger partial charge is 0.358 e. The Hall–Kier alpha value is -3.93. The van der Waals surface area contributed by atoms with Crippen molar-refractivity contribution in [1.29, 1.82) is 0 Å². The van der Waals surface area contributed by atoms with E-state index in [1.165, 1.54) is 0 Å². The summed E-state index contributed by atoms with van der Waals surface area (Å²) >= 11 is 0. The maximum atomic E-state index is 12.6. The summed E-state index contributed by atoms with van der Waals surface area (Å²) in [5.74, 6) is -0.570. The molecule has 4 aromatic rings. The first-order valence-electron chi connectivity index (χ1n) is 11.7. The molecule has 4 rings (SSSR count). The van der Waals surface area contributed by atoms with Crippen molar-refractivity contribution in [2.24, 2.45) is 0 Å². The third-order valence-corrected chi connectivity index (χ3v) is 5.71. The largest absolute Gasteiger partial charge is 0.461 e. The molecule has 0 fully saturated rings. The van der Waals surface area contributed by atoms with Gasteiger partial charge in [-0.15, -0.1) is 0 Å². The highest BCUT2D eigenvalue weighted by Crippen LogP contribution is 2.28. The number of nitrogens with one attached hydrogen (secondary N) is 1. The molecule has 1 amide bonds. The molecule has 1 aromatic heterocycles. The highest BCUT2D eigenvalue weighted by Gasteiger charge is 2.18. The lowest BCUT2D eigenvalue weighted by molar-refractivity contribution is 0.0518. The second-order valence-corrected chi connectivity index (χ2v) is 8.32. The van der Waals surface area contributed by atoms with Crippen LogP contribution in [0.25, 0.3) is 27.7 Å².